The minimum absolute atomic E-state index is 0.0551. The highest BCUT2D eigenvalue weighted by Gasteiger charge is 2.51. The van der Waals surface area contributed by atoms with Crippen LogP contribution in [-0.4, -0.2) is 28.9 Å². The largest absolute Gasteiger partial charge is 0.481 e. The smallest absolute Gasteiger partial charge is 0.307 e. The Morgan fingerprint density at radius 1 is 1.08 bits per heavy atom. The van der Waals surface area contributed by atoms with Crippen molar-refractivity contribution in [1.82, 2.24) is 5.32 Å². The summed E-state index contributed by atoms with van der Waals surface area (Å²) in [6.07, 6.45) is 4.50. The number of fused-ring (bicyclic) bond motifs is 2. The zero-order valence-corrected chi connectivity index (χ0v) is 13.3. The number of carbonyl (C=O) groups excluding carboxylic acids is 2. The summed E-state index contributed by atoms with van der Waals surface area (Å²) in [5.74, 6) is -3.10. The third-order valence-electron chi connectivity index (χ3n) is 4.84. The number of anilines is 1. The molecule has 2 aliphatic carbocycles. The molecule has 2 bridgehead atoms. The van der Waals surface area contributed by atoms with Crippen LogP contribution in [0.3, 0.4) is 0 Å². The molecule has 0 aromatic heterocycles. The van der Waals surface area contributed by atoms with E-state index in [4.69, 9.17) is 0 Å². The molecule has 126 valence electrons. The summed E-state index contributed by atoms with van der Waals surface area (Å²) in [5, 5.41) is 14.8. The van der Waals surface area contributed by atoms with E-state index in [-0.39, 0.29) is 23.7 Å². The van der Waals surface area contributed by atoms with E-state index in [1.165, 1.54) is 0 Å². The first-order valence-electron chi connectivity index (χ1n) is 8.05. The molecule has 0 saturated heterocycles. The van der Waals surface area contributed by atoms with Gasteiger partial charge in [-0.2, -0.15) is 0 Å². The van der Waals surface area contributed by atoms with Gasteiger partial charge in [-0.15, -0.1) is 0 Å². The number of benzene rings is 1. The van der Waals surface area contributed by atoms with Crippen molar-refractivity contribution in [3.8, 4) is 0 Å². The third kappa shape index (κ3) is 3.04. The number of para-hydroxylation sites is 1. The van der Waals surface area contributed by atoms with Crippen LogP contribution < -0.4 is 10.6 Å². The maximum atomic E-state index is 12.5. The van der Waals surface area contributed by atoms with E-state index in [2.05, 4.69) is 10.6 Å². The molecule has 1 aromatic rings. The van der Waals surface area contributed by atoms with Gasteiger partial charge in [-0.25, -0.2) is 0 Å². The van der Waals surface area contributed by atoms with Crippen LogP contribution in [-0.2, 0) is 14.4 Å². The normalized spacial score (nSPS) is 28.4. The number of nitrogens with one attached hydrogen (secondary N) is 2. The van der Waals surface area contributed by atoms with E-state index in [0.717, 1.165) is 0 Å². The van der Waals surface area contributed by atoms with Gasteiger partial charge in [0, 0.05) is 5.69 Å². The Balaban J connectivity index is 1.63. The van der Waals surface area contributed by atoms with Crippen molar-refractivity contribution in [2.75, 3.05) is 5.32 Å². The van der Waals surface area contributed by atoms with Crippen molar-refractivity contribution < 1.29 is 19.5 Å². The molecule has 6 nitrogen and oxygen atoms in total. The molecule has 0 aliphatic heterocycles. The molecule has 24 heavy (non-hydrogen) atoms. The predicted molar refractivity (Wildman–Crippen MR) is 88.0 cm³/mol. The molecule has 3 rings (SSSR count). The highest BCUT2D eigenvalue weighted by molar-refractivity contribution is 5.97. The summed E-state index contributed by atoms with van der Waals surface area (Å²) < 4.78 is 0. The van der Waals surface area contributed by atoms with Crippen LogP contribution in [0, 0.1) is 23.7 Å². The summed E-state index contributed by atoms with van der Waals surface area (Å²) in [5.41, 5.74) is 0.648. The Labute approximate surface area is 139 Å². The predicted octanol–water partition coefficient (Wildman–Crippen LogP) is 1.65. The standard InChI is InChI=1S/C18H20N2O4/c1-10(16(21)20-13-5-3-2-4-6-13)19-17(22)14-11-7-8-12(9-11)15(14)18(23)24/h2-8,10-12,14-15H,9H2,1H3,(H,19,22)(H,20,21)(H,23,24)/t10-,11-,12-,14-,15-/m0/s1. The minimum Gasteiger partial charge on any atom is -0.481 e. The number of allylic oxidation sites excluding steroid dienone is 2. The first-order valence-corrected chi connectivity index (χ1v) is 8.05. The van der Waals surface area contributed by atoms with Crippen LogP contribution in [0.2, 0.25) is 0 Å². The Morgan fingerprint density at radius 2 is 1.71 bits per heavy atom. The Hall–Kier alpha value is -2.63. The van der Waals surface area contributed by atoms with Crippen LogP contribution >= 0.6 is 0 Å². The van der Waals surface area contributed by atoms with Gasteiger partial charge in [0.15, 0.2) is 0 Å². The van der Waals surface area contributed by atoms with Gasteiger partial charge in [0.2, 0.25) is 11.8 Å². The molecule has 2 amide bonds. The fourth-order valence-corrected chi connectivity index (χ4v) is 3.66. The molecule has 1 aromatic carbocycles. The average molecular weight is 328 g/mol. The van der Waals surface area contributed by atoms with Gasteiger partial charge < -0.3 is 15.7 Å². The van der Waals surface area contributed by atoms with E-state index < -0.39 is 23.8 Å². The van der Waals surface area contributed by atoms with Crippen LogP contribution in [0.5, 0.6) is 0 Å². The molecule has 0 heterocycles. The van der Waals surface area contributed by atoms with E-state index in [1.807, 2.05) is 18.2 Å². The lowest BCUT2D eigenvalue weighted by Gasteiger charge is -2.25. The Kier molecular flexibility index (Phi) is 4.38. The zero-order chi connectivity index (χ0) is 17.3. The maximum absolute atomic E-state index is 12.5. The lowest BCUT2D eigenvalue weighted by Crippen LogP contribution is -2.47. The van der Waals surface area contributed by atoms with Gasteiger partial charge in [0.05, 0.1) is 11.8 Å². The molecule has 3 N–H and O–H groups in total. The van der Waals surface area contributed by atoms with Crippen LogP contribution in [0.15, 0.2) is 42.5 Å². The monoisotopic (exact) mass is 328 g/mol. The second-order valence-electron chi connectivity index (χ2n) is 6.42. The fraction of sp³-hybridized carbons (Fsp3) is 0.389. The maximum Gasteiger partial charge on any atom is 0.307 e. The Morgan fingerprint density at radius 3 is 2.33 bits per heavy atom. The average Bonchev–Trinajstić information content (AvgIpc) is 3.16. The van der Waals surface area contributed by atoms with Gasteiger partial charge in [-0.1, -0.05) is 30.4 Å². The lowest BCUT2D eigenvalue weighted by molar-refractivity contribution is -0.148. The van der Waals surface area contributed by atoms with Gasteiger partial charge in [-0.05, 0) is 37.3 Å². The summed E-state index contributed by atoms with van der Waals surface area (Å²) in [6.45, 7) is 1.59. The molecule has 0 radical (unpaired) electrons. The van der Waals surface area contributed by atoms with Crippen LogP contribution in [0.25, 0.3) is 0 Å². The fourth-order valence-electron chi connectivity index (χ4n) is 3.66. The summed E-state index contributed by atoms with van der Waals surface area (Å²) in [4.78, 5) is 36.2. The van der Waals surface area contributed by atoms with Crippen molar-refractivity contribution in [2.45, 2.75) is 19.4 Å². The highest BCUT2D eigenvalue weighted by atomic mass is 16.4. The quantitative estimate of drug-likeness (QED) is 0.716. The number of aliphatic carboxylic acids is 1. The van der Waals surface area contributed by atoms with Crippen molar-refractivity contribution >= 4 is 23.5 Å². The molecular weight excluding hydrogens is 308 g/mol. The number of amides is 2. The van der Waals surface area contributed by atoms with Gasteiger partial charge in [0.25, 0.3) is 0 Å². The van der Waals surface area contributed by atoms with Crippen LogP contribution in [0.4, 0.5) is 5.69 Å². The molecule has 0 unspecified atom stereocenters. The first-order chi connectivity index (χ1) is 11.5. The summed E-state index contributed by atoms with van der Waals surface area (Å²) in [7, 11) is 0. The third-order valence-corrected chi connectivity index (χ3v) is 4.84. The summed E-state index contributed by atoms with van der Waals surface area (Å²) in [6, 6.07) is 8.22. The molecule has 6 heteroatoms. The number of carboxylic acids is 1. The second kappa shape index (κ2) is 6.47. The second-order valence-corrected chi connectivity index (χ2v) is 6.42. The van der Waals surface area contributed by atoms with Crippen molar-refractivity contribution in [1.29, 1.82) is 0 Å². The minimum atomic E-state index is -0.951. The zero-order valence-electron chi connectivity index (χ0n) is 13.3. The molecule has 5 atom stereocenters. The van der Waals surface area contributed by atoms with E-state index >= 15 is 0 Å². The van der Waals surface area contributed by atoms with E-state index in [9.17, 15) is 19.5 Å². The Bertz CT molecular complexity index is 686. The molecule has 2 aliphatic rings. The summed E-state index contributed by atoms with van der Waals surface area (Å²) >= 11 is 0. The van der Waals surface area contributed by atoms with Crippen LogP contribution in [0.1, 0.15) is 13.3 Å². The van der Waals surface area contributed by atoms with Gasteiger partial charge >= 0.3 is 5.97 Å². The van der Waals surface area contributed by atoms with E-state index in [0.29, 0.717) is 12.1 Å². The number of carbonyl (C=O) groups is 3. The molecule has 0 spiro atoms. The van der Waals surface area contributed by atoms with E-state index in [1.54, 1.807) is 31.2 Å². The molecule has 1 fully saturated rings. The molecular formula is C18H20N2O4. The number of rotatable bonds is 5. The van der Waals surface area contributed by atoms with Crippen molar-refractivity contribution in [3.63, 3.8) is 0 Å². The van der Waals surface area contributed by atoms with Gasteiger partial charge in [-0.3, -0.25) is 14.4 Å². The topological polar surface area (TPSA) is 95.5 Å². The van der Waals surface area contributed by atoms with Crippen molar-refractivity contribution in [3.05, 3.63) is 42.5 Å². The number of carboxylic acid groups (broad SMARTS) is 1. The number of hydrogen-bond acceptors (Lipinski definition) is 3. The first kappa shape index (κ1) is 16.2. The highest BCUT2D eigenvalue weighted by Crippen LogP contribution is 2.48. The van der Waals surface area contributed by atoms with Gasteiger partial charge in [0.1, 0.15) is 6.04 Å². The van der Waals surface area contributed by atoms with Crippen molar-refractivity contribution in [2.24, 2.45) is 23.7 Å². The lowest BCUT2D eigenvalue weighted by atomic mass is 9.82. The SMILES string of the molecule is C[C@H](NC(=O)[C@@H]1[C@@H](C(=O)O)[C@H]2C=C[C@H]1C2)C(=O)Nc1ccccc1. The molecule has 1 saturated carbocycles. The number of hydrogen-bond donors (Lipinski definition) is 3.